The maximum absolute atomic E-state index is 11.4. The number of carboxylic acid groups (broad SMARTS) is 1. The molecule has 0 aromatic carbocycles. The highest BCUT2D eigenvalue weighted by molar-refractivity contribution is 5.77. The van der Waals surface area contributed by atoms with Gasteiger partial charge in [0.2, 0.25) is 5.91 Å². The monoisotopic (exact) mass is 352 g/mol. The van der Waals surface area contributed by atoms with Gasteiger partial charge in [0.15, 0.2) is 0 Å². The molecule has 0 spiro atoms. The summed E-state index contributed by atoms with van der Waals surface area (Å²) in [4.78, 5) is 22.9. The number of carbonyl (C=O) groups excluding carboxylic acids is 1. The number of halogens is 3. The van der Waals surface area contributed by atoms with Gasteiger partial charge in [-0.2, -0.15) is 13.2 Å². The van der Waals surface area contributed by atoms with Crippen LogP contribution in [0.25, 0.3) is 0 Å². The number of piperidine rings is 1. The van der Waals surface area contributed by atoms with E-state index >= 15 is 0 Å². The van der Waals surface area contributed by atoms with E-state index in [9.17, 15) is 18.0 Å². The van der Waals surface area contributed by atoms with Crippen LogP contribution in [0.15, 0.2) is 0 Å². The summed E-state index contributed by atoms with van der Waals surface area (Å²) in [5.41, 5.74) is 0. The molecule has 3 rings (SSSR count). The second kappa shape index (κ2) is 8.15. The van der Waals surface area contributed by atoms with Crippen LogP contribution in [-0.4, -0.2) is 66.4 Å². The van der Waals surface area contributed by atoms with Crippen LogP contribution >= 0.6 is 0 Å². The van der Waals surface area contributed by atoms with Crippen molar-refractivity contribution in [3.8, 4) is 0 Å². The molecule has 2 atom stereocenters. The summed E-state index contributed by atoms with van der Waals surface area (Å²) >= 11 is 0. The molecule has 24 heavy (non-hydrogen) atoms. The molecule has 0 unspecified atom stereocenters. The lowest BCUT2D eigenvalue weighted by atomic mass is 9.96. The Labute approximate surface area is 138 Å². The second-order valence-electron chi connectivity index (χ2n) is 6.42. The van der Waals surface area contributed by atoms with Crippen molar-refractivity contribution in [3.63, 3.8) is 0 Å². The van der Waals surface area contributed by atoms with Gasteiger partial charge in [-0.05, 0) is 31.6 Å². The minimum absolute atomic E-state index is 0.249. The Morgan fingerprint density at radius 3 is 2.46 bits per heavy atom. The molecule has 2 N–H and O–H groups in total. The lowest BCUT2D eigenvalue weighted by Crippen LogP contribution is -2.50. The Morgan fingerprint density at radius 2 is 1.88 bits per heavy atom. The number of hydrogen-bond donors (Lipinski definition) is 2. The molecule has 3 aliphatic heterocycles. The van der Waals surface area contributed by atoms with Gasteiger partial charge in [0.1, 0.15) is 0 Å². The normalized spacial score (nSPS) is 28.5. The quantitative estimate of drug-likeness (QED) is 0.785. The minimum atomic E-state index is -5.08. The van der Waals surface area contributed by atoms with E-state index in [1.165, 1.54) is 19.4 Å². The fourth-order valence-electron chi connectivity index (χ4n) is 3.51. The zero-order valence-electron chi connectivity index (χ0n) is 13.3. The largest absolute Gasteiger partial charge is 0.490 e. The Kier molecular flexibility index (Phi) is 6.45. The predicted octanol–water partition coefficient (Wildman–Crippen LogP) is 1.40. The number of nitrogens with zero attached hydrogens (tertiary/aromatic N) is 1. The molecule has 0 radical (unpaired) electrons. The Hall–Kier alpha value is -1.35. The van der Waals surface area contributed by atoms with Gasteiger partial charge in [-0.3, -0.25) is 9.69 Å². The molecule has 3 fully saturated rings. The van der Waals surface area contributed by atoms with Gasteiger partial charge in [0.25, 0.3) is 0 Å². The van der Waals surface area contributed by atoms with Crippen molar-refractivity contribution in [2.24, 2.45) is 5.92 Å². The molecule has 0 saturated carbocycles. The molecule has 0 bridgehead atoms. The molecular formula is C15H23F3N2O4. The summed E-state index contributed by atoms with van der Waals surface area (Å²) in [7, 11) is 0. The fraction of sp³-hybridized carbons (Fsp3) is 0.867. The molecule has 3 saturated heterocycles. The van der Waals surface area contributed by atoms with Crippen LogP contribution in [0.3, 0.4) is 0 Å². The number of aliphatic carboxylic acids is 1. The molecule has 9 heteroatoms. The Bertz CT molecular complexity index is 452. The van der Waals surface area contributed by atoms with Crippen LogP contribution < -0.4 is 5.32 Å². The number of carbonyl (C=O) groups is 2. The lowest BCUT2D eigenvalue weighted by Gasteiger charge is -2.35. The van der Waals surface area contributed by atoms with Gasteiger partial charge in [-0.15, -0.1) is 0 Å². The topological polar surface area (TPSA) is 78.9 Å². The van der Waals surface area contributed by atoms with Crippen LogP contribution in [-0.2, 0) is 14.3 Å². The number of carboxylic acids is 1. The van der Waals surface area contributed by atoms with E-state index in [-0.39, 0.29) is 5.91 Å². The van der Waals surface area contributed by atoms with Crippen LogP contribution in [0.5, 0.6) is 0 Å². The predicted molar refractivity (Wildman–Crippen MR) is 78.4 cm³/mol. The number of ether oxygens (including phenoxy) is 1. The third kappa shape index (κ3) is 5.34. The summed E-state index contributed by atoms with van der Waals surface area (Å²) < 4.78 is 37.1. The third-order valence-corrected chi connectivity index (χ3v) is 4.75. The van der Waals surface area contributed by atoms with E-state index in [0.717, 1.165) is 38.5 Å². The number of hydrogen-bond acceptors (Lipinski definition) is 4. The SMILES string of the molecule is O=C(O)C(F)(F)F.O=C1CC[C@H]2[C@@H](CCN2CC2CCOCC2)N1. The maximum atomic E-state index is 11.4. The molecule has 138 valence electrons. The summed E-state index contributed by atoms with van der Waals surface area (Å²) in [6, 6.07) is 1.03. The van der Waals surface area contributed by atoms with Crippen LogP contribution in [0.4, 0.5) is 13.2 Å². The molecule has 1 amide bonds. The Balaban J connectivity index is 0.000000256. The fourth-order valence-corrected chi connectivity index (χ4v) is 3.51. The molecular weight excluding hydrogens is 329 g/mol. The number of nitrogens with one attached hydrogen (secondary N) is 1. The number of rotatable bonds is 2. The first-order valence-electron chi connectivity index (χ1n) is 8.18. The average molecular weight is 352 g/mol. The van der Waals surface area contributed by atoms with E-state index in [1.807, 2.05) is 0 Å². The highest BCUT2D eigenvalue weighted by atomic mass is 19.4. The average Bonchev–Trinajstić information content (AvgIpc) is 2.90. The minimum Gasteiger partial charge on any atom is -0.475 e. The zero-order chi connectivity index (χ0) is 17.7. The third-order valence-electron chi connectivity index (χ3n) is 4.75. The van der Waals surface area contributed by atoms with Crippen molar-refractivity contribution < 1.29 is 32.6 Å². The van der Waals surface area contributed by atoms with Crippen LogP contribution in [0.1, 0.15) is 32.1 Å². The number of alkyl halides is 3. The van der Waals surface area contributed by atoms with E-state index in [0.29, 0.717) is 18.5 Å². The maximum Gasteiger partial charge on any atom is 0.490 e. The summed E-state index contributed by atoms with van der Waals surface area (Å²) in [5, 5.41) is 10.3. The highest BCUT2D eigenvalue weighted by Crippen LogP contribution is 2.28. The lowest BCUT2D eigenvalue weighted by molar-refractivity contribution is -0.192. The van der Waals surface area contributed by atoms with Crippen LogP contribution in [0.2, 0.25) is 0 Å². The van der Waals surface area contributed by atoms with E-state index in [2.05, 4.69) is 10.2 Å². The Morgan fingerprint density at radius 1 is 1.25 bits per heavy atom. The van der Waals surface area contributed by atoms with Gasteiger partial charge in [0.05, 0.1) is 0 Å². The molecule has 3 aliphatic rings. The van der Waals surface area contributed by atoms with Crippen molar-refractivity contribution in [2.45, 2.75) is 50.4 Å². The van der Waals surface area contributed by atoms with Crippen molar-refractivity contribution in [2.75, 3.05) is 26.3 Å². The zero-order valence-corrected chi connectivity index (χ0v) is 13.3. The van der Waals surface area contributed by atoms with Crippen molar-refractivity contribution in [1.82, 2.24) is 10.2 Å². The van der Waals surface area contributed by atoms with Gasteiger partial charge < -0.3 is 15.2 Å². The molecule has 0 aromatic heterocycles. The van der Waals surface area contributed by atoms with Gasteiger partial charge in [-0.1, -0.05) is 0 Å². The van der Waals surface area contributed by atoms with Crippen LogP contribution in [0, 0.1) is 5.92 Å². The number of likely N-dealkylation sites (tertiary alicyclic amines) is 1. The first-order chi connectivity index (χ1) is 11.3. The molecule has 0 aromatic rings. The van der Waals surface area contributed by atoms with Crippen molar-refractivity contribution >= 4 is 11.9 Å². The summed E-state index contributed by atoms with van der Waals surface area (Å²) in [5.74, 6) is -1.70. The smallest absolute Gasteiger partial charge is 0.475 e. The second-order valence-corrected chi connectivity index (χ2v) is 6.42. The molecule has 6 nitrogen and oxygen atoms in total. The molecule has 0 aliphatic carbocycles. The number of fused-ring (bicyclic) bond motifs is 1. The summed E-state index contributed by atoms with van der Waals surface area (Å²) in [6.45, 7) is 4.24. The van der Waals surface area contributed by atoms with Crippen molar-refractivity contribution in [1.29, 1.82) is 0 Å². The van der Waals surface area contributed by atoms with E-state index in [1.54, 1.807) is 0 Å². The standard InChI is InChI=1S/C13H22N2O2.C2HF3O2/c16-13-2-1-12-11(14-13)3-6-15(12)9-10-4-7-17-8-5-10;3-2(4,5)1(6)7/h10-12H,1-9H2,(H,14,16);(H,6,7)/t11-,12+;/m1./s1. The van der Waals surface area contributed by atoms with Gasteiger partial charge >= 0.3 is 12.1 Å². The van der Waals surface area contributed by atoms with E-state index < -0.39 is 12.1 Å². The highest BCUT2D eigenvalue weighted by Gasteiger charge is 2.39. The van der Waals surface area contributed by atoms with Gasteiger partial charge in [0, 0.05) is 44.8 Å². The number of amides is 1. The van der Waals surface area contributed by atoms with Gasteiger partial charge in [-0.25, -0.2) is 4.79 Å². The summed E-state index contributed by atoms with van der Waals surface area (Å²) in [6.07, 6.45) is 0.241. The molecule has 3 heterocycles. The van der Waals surface area contributed by atoms with Crippen molar-refractivity contribution in [3.05, 3.63) is 0 Å². The van der Waals surface area contributed by atoms with E-state index in [4.69, 9.17) is 14.6 Å². The first-order valence-corrected chi connectivity index (χ1v) is 8.18. The first kappa shape index (κ1) is 19.0.